The molecule has 0 atom stereocenters. The summed E-state index contributed by atoms with van der Waals surface area (Å²) in [6.45, 7) is 9.64. The van der Waals surface area contributed by atoms with Crippen molar-refractivity contribution in [3.63, 3.8) is 0 Å². The molecule has 2 fully saturated rings. The number of benzene rings is 2. The molecule has 160 valence electrons. The lowest BCUT2D eigenvalue weighted by molar-refractivity contribution is -0.131. The molecule has 2 heterocycles. The molecular formula is C24H33N5O. The van der Waals surface area contributed by atoms with Gasteiger partial charge in [0.2, 0.25) is 5.91 Å². The Morgan fingerprint density at radius 1 is 0.933 bits per heavy atom. The van der Waals surface area contributed by atoms with Gasteiger partial charge in [-0.3, -0.25) is 9.69 Å². The lowest BCUT2D eigenvalue weighted by Gasteiger charge is -2.36. The van der Waals surface area contributed by atoms with E-state index >= 15 is 0 Å². The Balaban J connectivity index is 1.36. The Morgan fingerprint density at radius 2 is 1.67 bits per heavy atom. The first-order valence-electron chi connectivity index (χ1n) is 11.2. The average molecular weight is 408 g/mol. The van der Waals surface area contributed by atoms with Crippen LogP contribution in [0.5, 0.6) is 0 Å². The SMILES string of the molecule is CCNC(=NCc1cccc2ccccc12)N1CCN(CC(=O)N2CCCC2)CC1. The lowest BCUT2D eigenvalue weighted by Crippen LogP contribution is -2.54. The van der Waals surface area contributed by atoms with Gasteiger partial charge in [0.25, 0.3) is 0 Å². The van der Waals surface area contributed by atoms with E-state index in [0.717, 1.165) is 64.6 Å². The molecule has 2 aliphatic heterocycles. The van der Waals surface area contributed by atoms with Gasteiger partial charge in [-0.05, 0) is 36.1 Å². The van der Waals surface area contributed by atoms with Gasteiger partial charge in [-0.1, -0.05) is 42.5 Å². The van der Waals surface area contributed by atoms with Gasteiger partial charge in [-0.25, -0.2) is 4.99 Å². The maximum atomic E-state index is 12.4. The minimum Gasteiger partial charge on any atom is -0.357 e. The summed E-state index contributed by atoms with van der Waals surface area (Å²) >= 11 is 0. The number of rotatable bonds is 5. The van der Waals surface area contributed by atoms with Gasteiger partial charge in [-0.15, -0.1) is 0 Å². The van der Waals surface area contributed by atoms with Crippen LogP contribution in [-0.2, 0) is 11.3 Å². The first-order valence-corrected chi connectivity index (χ1v) is 11.2. The second-order valence-electron chi connectivity index (χ2n) is 8.16. The Bertz CT molecular complexity index is 877. The maximum Gasteiger partial charge on any atom is 0.236 e. The van der Waals surface area contributed by atoms with Gasteiger partial charge in [0.15, 0.2) is 5.96 Å². The summed E-state index contributed by atoms with van der Waals surface area (Å²) in [5.74, 6) is 1.26. The van der Waals surface area contributed by atoms with Gasteiger partial charge in [0.05, 0.1) is 13.1 Å². The molecule has 0 spiro atoms. The van der Waals surface area contributed by atoms with Crippen LogP contribution in [0.25, 0.3) is 10.8 Å². The van der Waals surface area contributed by atoms with Crippen LogP contribution in [0.2, 0.25) is 0 Å². The van der Waals surface area contributed by atoms with Gasteiger partial charge < -0.3 is 15.1 Å². The van der Waals surface area contributed by atoms with E-state index in [1.807, 2.05) is 4.90 Å². The molecule has 2 aliphatic rings. The molecule has 6 heteroatoms. The van der Waals surface area contributed by atoms with Crippen molar-refractivity contribution < 1.29 is 4.79 Å². The van der Waals surface area contributed by atoms with Crippen LogP contribution in [0.15, 0.2) is 47.5 Å². The zero-order chi connectivity index (χ0) is 20.8. The van der Waals surface area contributed by atoms with Crippen molar-refractivity contribution in [3.8, 4) is 0 Å². The maximum absolute atomic E-state index is 12.4. The van der Waals surface area contributed by atoms with Gasteiger partial charge >= 0.3 is 0 Å². The van der Waals surface area contributed by atoms with Crippen LogP contribution in [0.4, 0.5) is 0 Å². The number of nitrogens with zero attached hydrogens (tertiary/aromatic N) is 4. The van der Waals surface area contributed by atoms with Crippen LogP contribution < -0.4 is 5.32 Å². The predicted octanol–water partition coefficient (Wildman–Crippen LogP) is 2.55. The molecule has 2 aromatic carbocycles. The van der Waals surface area contributed by atoms with Crippen molar-refractivity contribution in [3.05, 3.63) is 48.0 Å². The monoisotopic (exact) mass is 407 g/mol. The molecule has 0 radical (unpaired) electrons. The first-order chi connectivity index (χ1) is 14.7. The zero-order valence-electron chi connectivity index (χ0n) is 18.0. The van der Waals surface area contributed by atoms with Gasteiger partial charge in [0, 0.05) is 45.8 Å². The number of piperazine rings is 1. The van der Waals surface area contributed by atoms with Crippen molar-refractivity contribution in [1.29, 1.82) is 0 Å². The zero-order valence-corrected chi connectivity index (χ0v) is 18.0. The fraction of sp³-hybridized carbons (Fsp3) is 0.500. The molecule has 1 N–H and O–H groups in total. The van der Waals surface area contributed by atoms with Crippen LogP contribution >= 0.6 is 0 Å². The summed E-state index contributed by atoms with van der Waals surface area (Å²) < 4.78 is 0. The number of nitrogens with one attached hydrogen (secondary N) is 1. The number of fused-ring (bicyclic) bond motifs is 1. The summed E-state index contributed by atoms with van der Waals surface area (Å²) in [4.78, 5) is 24.0. The third-order valence-corrected chi connectivity index (χ3v) is 6.10. The molecule has 4 rings (SSSR count). The smallest absolute Gasteiger partial charge is 0.236 e. The summed E-state index contributed by atoms with van der Waals surface area (Å²) in [5, 5.41) is 5.98. The van der Waals surface area contributed by atoms with Crippen molar-refractivity contribution in [2.75, 3.05) is 52.4 Å². The highest BCUT2D eigenvalue weighted by atomic mass is 16.2. The topological polar surface area (TPSA) is 51.2 Å². The third kappa shape index (κ3) is 4.93. The molecular weight excluding hydrogens is 374 g/mol. The molecule has 2 aromatic rings. The normalized spacial score (nSPS) is 18.2. The van der Waals surface area contributed by atoms with Crippen molar-refractivity contribution in [1.82, 2.24) is 20.0 Å². The number of guanidine groups is 1. The summed E-state index contributed by atoms with van der Waals surface area (Å²) in [5.41, 5.74) is 1.25. The quantitative estimate of drug-likeness (QED) is 0.611. The minimum absolute atomic E-state index is 0.289. The predicted molar refractivity (Wildman–Crippen MR) is 123 cm³/mol. The summed E-state index contributed by atoms with van der Waals surface area (Å²) in [6.07, 6.45) is 2.30. The second-order valence-corrected chi connectivity index (χ2v) is 8.16. The highest BCUT2D eigenvalue weighted by molar-refractivity contribution is 5.86. The fourth-order valence-corrected chi connectivity index (χ4v) is 4.39. The lowest BCUT2D eigenvalue weighted by atomic mass is 10.1. The van der Waals surface area contributed by atoms with E-state index in [0.29, 0.717) is 13.1 Å². The molecule has 30 heavy (non-hydrogen) atoms. The largest absolute Gasteiger partial charge is 0.357 e. The van der Waals surface area contributed by atoms with Gasteiger partial charge in [-0.2, -0.15) is 0 Å². The van der Waals surface area contributed by atoms with Crippen molar-refractivity contribution >= 4 is 22.6 Å². The molecule has 0 bridgehead atoms. The average Bonchev–Trinajstić information content (AvgIpc) is 3.32. The molecule has 6 nitrogen and oxygen atoms in total. The van der Waals surface area contributed by atoms with Crippen molar-refractivity contribution in [2.45, 2.75) is 26.3 Å². The van der Waals surface area contributed by atoms with E-state index in [9.17, 15) is 4.79 Å². The summed E-state index contributed by atoms with van der Waals surface area (Å²) in [6, 6.07) is 14.9. The van der Waals surface area contributed by atoms with E-state index < -0.39 is 0 Å². The van der Waals surface area contributed by atoms with E-state index in [4.69, 9.17) is 4.99 Å². The summed E-state index contributed by atoms with van der Waals surface area (Å²) in [7, 11) is 0. The number of carbonyl (C=O) groups is 1. The molecule has 1 amide bonds. The molecule has 0 aromatic heterocycles. The number of carbonyl (C=O) groups excluding carboxylic acids is 1. The fourth-order valence-electron chi connectivity index (χ4n) is 4.39. The van der Waals surface area contributed by atoms with Gasteiger partial charge in [0.1, 0.15) is 0 Å². The van der Waals surface area contributed by atoms with Crippen LogP contribution in [0.3, 0.4) is 0 Å². The Labute approximate surface area is 179 Å². The molecule has 0 aliphatic carbocycles. The van der Waals surface area contributed by atoms with E-state index in [2.05, 4.69) is 64.5 Å². The number of amides is 1. The molecule has 0 saturated carbocycles. The van der Waals surface area contributed by atoms with E-state index in [1.165, 1.54) is 16.3 Å². The number of hydrogen-bond acceptors (Lipinski definition) is 3. The Morgan fingerprint density at radius 3 is 2.43 bits per heavy atom. The highest BCUT2D eigenvalue weighted by Gasteiger charge is 2.24. The second kappa shape index (κ2) is 9.94. The first kappa shape index (κ1) is 20.7. The number of hydrogen-bond donors (Lipinski definition) is 1. The number of aliphatic imine (C=N–C) groups is 1. The highest BCUT2D eigenvalue weighted by Crippen LogP contribution is 2.19. The molecule has 2 saturated heterocycles. The van der Waals surface area contributed by atoms with Crippen LogP contribution in [0.1, 0.15) is 25.3 Å². The third-order valence-electron chi connectivity index (χ3n) is 6.10. The van der Waals surface area contributed by atoms with Crippen LogP contribution in [0, 0.1) is 0 Å². The van der Waals surface area contributed by atoms with Crippen molar-refractivity contribution in [2.24, 2.45) is 4.99 Å². The van der Waals surface area contributed by atoms with E-state index in [1.54, 1.807) is 0 Å². The molecule has 0 unspecified atom stereocenters. The van der Waals surface area contributed by atoms with E-state index in [-0.39, 0.29) is 5.91 Å². The standard InChI is InChI=1S/C24H33N5O/c1-2-25-24(26-18-21-10-7-9-20-8-3-4-11-22(20)21)29-16-14-27(15-17-29)19-23(30)28-12-5-6-13-28/h3-4,7-11H,2,5-6,12-19H2,1H3,(H,25,26). The minimum atomic E-state index is 0.289. The van der Waals surface area contributed by atoms with Crippen LogP contribution in [-0.4, -0.2) is 78.9 Å². The number of likely N-dealkylation sites (tertiary alicyclic amines) is 1. The Kier molecular flexibility index (Phi) is 6.84. The Hall–Kier alpha value is -2.60.